The second-order valence-electron chi connectivity index (χ2n) is 4.29. The minimum Gasteiger partial charge on any atom is -0.373 e. The van der Waals surface area contributed by atoms with E-state index in [0.717, 1.165) is 28.2 Å². The summed E-state index contributed by atoms with van der Waals surface area (Å²) in [7, 11) is 1.85. The van der Waals surface area contributed by atoms with Crippen LogP contribution in [0.15, 0.2) is 42.7 Å². The van der Waals surface area contributed by atoms with Gasteiger partial charge in [0.15, 0.2) is 5.65 Å². The Morgan fingerprint density at radius 1 is 1.21 bits per heavy atom. The minimum absolute atomic E-state index is 0.553. The number of benzene rings is 1. The fourth-order valence-electron chi connectivity index (χ4n) is 2.03. The monoisotopic (exact) mass is 253 g/mol. The normalized spacial score (nSPS) is 10.8. The van der Waals surface area contributed by atoms with Gasteiger partial charge in [-0.15, -0.1) is 0 Å². The lowest BCUT2D eigenvalue weighted by Gasteiger charge is -2.03. The van der Waals surface area contributed by atoms with E-state index in [9.17, 15) is 0 Å². The zero-order chi connectivity index (χ0) is 13.2. The Kier molecular flexibility index (Phi) is 2.89. The maximum Gasteiger partial charge on any atom is 0.165 e. The third kappa shape index (κ3) is 2.04. The molecule has 0 unspecified atom stereocenters. The summed E-state index contributed by atoms with van der Waals surface area (Å²) in [6, 6.07) is 10.0. The fourth-order valence-corrected chi connectivity index (χ4v) is 2.03. The van der Waals surface area contributed by atoms with Crippen molar-refractivity contribution in [3.05, 3.63) is 48.3 Å². The lowest BCUT2D eigenvalue weighted by molar-refractivity contribution is 0.940. The van der Waals surface area contributed by atoms with Crippen molar-refractivity contribution in [3.8, 4) is 11.1 Å². The lowest BCUT2D eigenvalue weighted by Crippen LogP contribution is -1.97. The molecule has 0 radical (unpaired) electrons. The average Bonchev–Trinajstić information content (AvgIpc) is 2.90. The molecule has 3 N–H and O–H groups in total. The second-order valence-corrected chi connectivity index (χ2v) is 4.29. The molecule has 5 nitrogen and oxygen atoms in total. The van der Waals surface area contributed by atoms with Crippen molar-refractivity contribution in [2.45, 2.75) is 6.54 Å². The van der Waals surface area contributed by atoms with E-state index >= 15 is 0 Å². The molecule has 1 aromatic carbocycles. The van der Waals surface area contributed by atoms with Crippen LogP contribution in [0.5, 0.6) is 0 Å². The number of aromatic nitrogens is 3. The highest BCUT2D eigenvalue weighted by Gasteiger charge is 2.08. The number of hydrogen-bond acceptors (Lipinski definition) is 4. The van der Waals surface area contributed by atoms with E-state index < -0.39 is 0 Å². The lowest BCUT2D eigenvalue weighted by atomic mass is 10.1. The molecule has 0 aliphatic rings. The van der Waals surface area contributed by atoms with Gasteiger partial charge in [-0.25, -0.2) is 9.50 Å². The molecule has 0 saturated carbocycles. The Hall–Kier alpha value is -2.40. The summed E-state index contributed by atoms with van der Waals surface area (Å²) in [5.41, 5.74) is 9.67. The number of anilines is 1. The second kappa shape index (κ2) is 4.70. The van der Waals surface area contributed by atoms with Crippen LogP contribution in [-0.4, -0.2) is 21.6 Å². The molecule has 3 rings (SSSR count). The smallest absolute Gasteiger partial charge is 0.165 e. The number of nitrogens with two attached hydrogens (primary N) is 1. The number of rotatable bonds is 3. The van der Waals surface area contributed by atoms with Gasteiger partial charge in [-0.1, -0.05) is 24.3 Å². The predicted octanol–water partition coefficient (Wildman–Crippen LogP) is 1.90. The topological polar surface area (TPSA) is 68.2 Å². The Labute approximate surface area is 111 Å². The van der Waals surface area contributed by atoms with Crippen LogP contribution in [-0.2, 0) is 6.54 Å². The van der Waals surface area contributed by atoms with Gasteiger partial charge in [0, 0.05) is 25.4 Å². The van der Waals surface area contributed by atoms with Gasteiger partial charge in [0.05, 0.1) is 6.20 Å². The highest BCUT2D eigenvalue weighted by atomic mass is 15.2. The van der Waals surface area contributed by atoms with Gasteiger partial charge < -0.3 is 11.1 Å². The summed E-state index contributed by atoms with van der Waals surface area (Å²) < 4.78 is 1.77. The molecule has 19 heavy (non-hydrogen) atoms. The Bertz CT molecular complexity index is 699. The Balaban J connectivity index is 2.12. The highest BCUT2D eigenvalue weighted by molar-refractivity contribution is 5.77. The molecule has 0 amide bonds. The van der Waals surface area contributed by atoms with Crippen LogP contribution in [0.3, 0.4) is 0 Å². The van der Waals surface area contributed by atoms with Gasteiger partial charge in [0.1, 0.15) is 5.82 Å². The number of hydrogen-bond donors (Lipinski definition) is 2. The molecule has 0 atom stereocenters. The maximum atomic E-state index is 5.61. The third-order valence-electron chi connectivity index (χ3n) is 3.13. The van der Waals surface area contributed by atoms with Crippen molar-refractivity contribution in [2.24, 2.45) is 5.73 Å². The van der Waals surface area contributed by atoms with Gasteiger partial charge >= 0.3 is 0 Å². The molecule has 0 fully saturated rings. The summed E-state index contributed by atoms with van der Waals surface area (Å²) >= 11 is 0. The molecule has 0 spiro atoms. The van der Waals surface area contributed by atoms with E-state index in [4.69, 9.17) is 5.73 Å². The molecule has 0 aliphatic heterocycles. The van der Waals surface area contributed by atoms with Gasteiger partial charge in [-0.2, -0.15) is 5.10 Å². The number of fused-ring (bicyclic) bond motifs is 1. The van der Waals surface area contributed by atoms with E-state index in [1.54, 1.807) is 4.52 Å². The molecule has 0 saturated heterocycles. The first kappa shape index (κ1) is 11.7. The van der Waals surface area contributed by atoms with Crippen molar-refractivity contribution in [1.82, 2.24) is 14.6 Å². The van der Waals surface area contributed by atoms with Gasteiger partial charge in [-0.3, -0.25) is 0 Å². The summed E-state index contributed by atoms with van der Waals surface area (Å²) in [6.45, 7) is 0.553. The molecular weight excluding hydrogens is 238 g/mol. The van der Waals surface area contributed by atoms with E-state index in [1.807, 2.05) is 49.8 Å². The summed E-state index contributed by atoms with van der Waals surface area (Å²) in [6.07, 6.45) is 3.73. The quantitative estimate of drug-likeness (QED) is 0.748. The first-order chi connectivity index (χ1) is 9.31. The molecule has 2 heterocycles. The number of nitrogens with zero attached hydrogens (tertiary/aromatic N) is 3. The fraction of sp³-hybridized carbons (Fsp3) is 0.143. The van der Waals surface area contributed by atoms with Crippen LogP contribution in [0, 0.1) is 0 Å². The number of nitrogens with one attached hydrogen (secondary N) is 1. The van der Waals surface area contributed by atoms with Crippen LogP contribution in [0.4, 0.5) is 5.82 Å². The molecular formula is C14H15N5. The van der Waals surface area contributed by atoms with Crippen molar-refractivity contribution in [3.63, 3.8) is 0 Å². The SMILES string of the molecule is CNc1ccn2ncc(-c3ccc(CN)cc3)c2n1. The van der Waals surface area contributed by atoms with E-state index in [1.165, 1.54) is 0 Å². The summed E-state index contributed by atoms with van der Waals surface area (Å²) in [4.78, 5) is 4.54. The standard InChI is InChI=1S/C14H15N5/c1-16-13-6-7-19-14(18-13)12(9-17-19)11-4-2-10(8-15)3-5-11/h2-7,9H,8,15H2,1H3,(H,16,18). The Morgan fingerprint density at radius 2 is 2.00 bits per heavy atom. The molecule has 0 bridgehead atoms. The first-order valence-corrected chi connectivity index (χ1v) is 6.13. The summed E-state index contributed by atoms with van der Waals surface area (Å²) in [5.74, 6) is 0.827. The molecule has 3 aromatic rings. The first-order valence-electron chi connectivity index (χ1n) is 6.13. The van der Waals surface area contributed by atoms with Crippen molar-refractivity contribution >= 4 is 11.5 Å². The molecule has 2 aromatic heterocycles. The van der Waals surface area contributed by atoms with Crippen molar-refractivity contribution in [2.75, 3.05) is 12.4 Å². The highest BCUT2D eigenvalue weighted by Crippen LogP contribution is 2.24. The summed E-state index contributed by atoms with van der Waals surface area (Å²) in [5, 5.41) is 7.35. The van der Waals surface area contributed by atoms with E-state index in [2.05, 4.69) is 15.4 Å². The van der Waals surface area contributed by atoms with Crippen molar-refractivity contribution in [1.29, 1.82) is 0 Å². The van der Waals surface area contributed by atoms with Crippen LogP contribution in [0.25, 0.3) is 16.8 Å². The predicted molar refractivity (Wildman–Crippen MR) is 75.9 cm³/mol. The molecule has 0 aliphatic carbocycles. The largest absolute Gasteiger partial charge is 0.373 e. The molecule has 96 valence electrons. The van der Waals surface area contributed by atoms with Gasteiger partial charge in [-0.05, 0) is 17.2 Å². The van der Waals surface area contributed by atoms with Crippen LogP contribution < -0.4 is 11.1 Å². The Morgan fingerprint density at radius 3 is 2.68 bits per heavy atom. The van der Waals surface area contributed by atoms with E-state index in [0.29, 0.717) is 6.54 Å². The van der Waals surface area contributed by atoms with Gasteiger partial charge in [0.2, 0.25) is 0 Å². The zero-order valence-electron chi connectivity index (χ0n) is 10.7. The third-order valence-corrected chi connectivity index (χ3v) is 3.13. The zero-order valence-corrected chi connectivity index (χ0v) is 10.7. The average molecular weight is 253 g/mol. The van der Waals surface area contributed by atoms with Crippen LogP contribution in [0.1, 0.15) is 5.56 Å². The minimum atomic E-state index is 0.553. The van der Waals surface area contributed by atoms with Crippen molar-refractivity contribution < 1.29 is 0 Å². The molecule has 5 heteroatoms. The van der Waals surface area contributed by atoms with E-state index in [-0.39, 0.29) is 0 Å². The van der Waals surface area contributed by atoms with Crippen LogP contribution in [0.2, 0.25) is 0 Å². The van der Waals surface area contributed by atoms with Crippen LogP contribution >= 0.6 is 0 Å². The maximum absolute atomic E-state index is 5.61. The van der Waals surface area contributed by atoms with Gasteiger partial charge in [0.25, 0.3) is 0 Å².